The van der Waals surface area contributed by atoms with Gasteiger partial charge in [0.05, 0.1) is 5.52 Å². The van der Waals surface area contributed by atoms with E-state index in [1.54, 1.807) is 4.68 Å². The smallest absolute Gasteiger partial charge is 0.113 e. The van der Waals surface area contributed by atoms with Crippen LogP contribution in [0, 0.1) is 0 Å². The van der Waals surface area contributed by atoms with E-state index < -0.39 is 0 Å². The molecular formula is C13H20N4S. The fraction of sp³-hybridized carbons (Fsp3) is 0.538. The number of hydrogen-bond donors (Lipinski definition) is 0. The summed E-state index contributed by atoms with van der Waals surface area (Å²) in [4.78, 5) is 2.37. The Morgan fingerprint density at radius 3 is 2.94 bits per heavy atom. The van der Waals surface area contributed by atoms with Gasteiger partial charge in [0.25, 0.3) is 0 Å². The highest BCUT2D eigenvalue weighted by molar-refractivity contribution is 7.98. The zero-order valence-electron chi connectivity index (χ0n) is 11.4. The molecule has 1 aromatic carbocycles. The van der Waals surface area contributed by atoms with E-state index in [0.29, 0.717) is 6.04 Å². The fourth-order valence-corrected chi connectivity index (χ4v) is 2.73. The van der Waals surface area contributed by atoms with Gasteiger partial charge >= 0.3 is 0 Å². The van der Waals surface area contributed by atoms with Gasteiger partial charge in [-0.05, 0) is 37.9 Å². The Kier molecular flexibility index (Phi) is 4.24. The van der Waals surface area contributed by atoms with Crippen molar-refractivity contribution in [3.05, 3.63) is 23.8 Å². The van der Waals surface area contributed by atoms with Gasteiger partial charge in [-0.25, -0.2) is 4.68 Å². The topological polar surface area (TPSA) is 34.0 Å². The highest BCUT2D eigenvalue weighted by atomic mass is 32.2. The van der Waals surface area contributed by atoms with E-state index >= 15 is 0 Å². The molecule has 2 rings (SSSR count). The van der Waals surface area contributed by atoms with E-state index in [1.165, 1.54) is 5.56 Å². The Bertz CT molecular complexity index is 523. The second kappa shape index (κ2) is 5.71. The highest BCUT2D eigenvalue weighted by Crippen LogP contribution is 2.15. The van der Waals surface area contributed by atoms with E-state index in [1.807, 2.05) is 18.8 Å². The van der Waals surface area contributed by atoms with E-state index in [4.69, 9.17) is 0 Å². The first-order valence-corrected chi connectivity index (χ1v) is 7.48. The Hall–Kier alpha value is -1.07. The number of benzene rings is 1. The lowest BCUT2D eigenvalue weighted by molar-refractivity contribution is 0.270. The summed E-state index contributed by atoms with van der Waals surface area (Å²) < 4.78 is 1.80. The molecule has 0 aliphatic heterocycles. The number of aromatic nitrogens is 3. The Balaban J connectivity index is 2.12. The number of hydrogen-bond acceptors (Lipinski definition) is 4. The fourth-order valence-electron chi connectivity index (χ4n) is 2.00. The van der Waals surface area contributed by atoms with Crippen molar-refractivity contribution in [1.29, 1.82) is 0 Å². The van der Waals surface area contributed by atoms with Gasteiger partial charge in [-0.15, -0.1) is 5.10 Å². The van der Waals surface area contributed by atoms with E-state index in [0.717, 1.165) is 23.3 Å². The van der Waals surface area contributed by atoms with Crippen LogP contribution in [-0.2, 0) is 13.6 Å². The van der Waals surface area contributed by atoms with Crippen molar-refractivity contribution in [3.8, 4) is 0 Å². The summed E-state index contributed by atoms with van der Waals surface area (Å²) in [6.45, 7) is 3.21. The van der Waals surface area contributed by atoms with Gasteiger partial charge in [0.2, 0.25) is 0 Å². The van der Waals surface area contributed by atoms with Crippen LogP contribution in [-0.4, -0.2) is 45.0 Å². The largest absolute Gasteiger partial charge is 0.299 e. The maximum atomic E-state index is 4.16. The molecule has 0 saturated heterocycles. The zero-order chi connectivity index (χ0) is 13.1. The predicted octanol–water partition coefficient (Wildman–Crippen LogP) is 2.15. The van der Waals surface area contributed by atoms with Crippen molar-refractivity contribution in [2.45, 2.75) is 19.5 Å². The lowest BCUT2D eigenvalue weighted by atomic mass is 10.1. The molecule has 0 radical (unpaired) electrons. The van der Waals surface area contributed by atoms with Crippen molar-refractivity contribution in [2.24, 2.45) is 7.05 Å². The van der Waals surface area contributed by atoms with Gasteiger partial charge < -0.3 is 0 Å². The molecule has 0 bridgehead atoms. The molecule has 1 heterocycles. The van der Waals surface area contributed by atoms with Crippen LogP contribution in [0.1, 0.15) is 12.5 Å². The minimum atomic E-state index is 0.581. The average molecular weight is 264 g/mol. The molecule has 5 heteroatoms. The number of rotatable bonds is 5. The Morgan fingerprint density at radius 1 is 1.44 bits per heavy atom. The summed E-state index contributed by atoms with van der Waals surface area (Å²) >= 11 is 1.89. The van der Waals surface area contributed by atoms with Crippen molar-refractivity contribution in [1.82, 2.24) is 19.9 Å². The quantitative estimate of drug-likeness (QED) is 0.828. The molecule has 0 N–H and O–H groups in total. The summed E-state index contributed by atoms with van der Waals surface area (Å²) in [7, 11) is 4.09. The third-order valence-corrected chi connectivity index (χ3v) is 4.08. The zero-order valence-corrected chi connectivity index (χ0v) is 12.2. The molecule has 4 nitrogen and oxygen atoms in total. The maximum absolute atomic E-state index is 4.16. The molecule has 0 aliphatic rings. The number of nitrogens with zero attached hydrogens (tertiary/aromatic N) is 4. The third-order valence-electron chi connectivity index (χ3n) is 3.27. The van der Waals surface area contributed by atoms with Crippen LogP contribution >= 0.6 is 11.8 Å². The second-order valence-corrected chi connectivity index (χ2v) is 5.67. The SMILES string of the molecule is CSC[C@H](C)N(C)Cc1ccc2c(c1)nnn2C. The van der Waals surface area contributed by atoms with Crippen LogP contribution in [0.2, 0.25) is 0 Å². The maximum Gasteiger partial charge on any atom is 0.113 e. The normalized spacial score (nSPS) is 13.4. The van der Waals surface area contributed by atoms with Crippen molar-refractivity contribution >= 4 is 22.8 Å². The number of fused-ring (bicyclic) bond motifs is 1. The van der Waals surface area contributed by atoms with Gasteiger partial charge in [-0.2, -0.15) is 11.8 Å². The molecule has 0 saturated carbocycles. The first kappa shape index (κ1) is 13.4. The van der Waals surface area contributed by atoms with Crippen molar-refractivity contribution < 1.29 is 0 Å². The monoisotopic (exact) mass is 264 g/mol. The molecule has 2 aromatic rings. The molecule has 0 aliphatic carbocycles. The minimum absolute atomic E-state index is 0.581. The van der Waals surface area contributed by atoms with E-state index in [9.17, 15) is 0 Å². The van der Waals surface area contributed by atoms with Crippen LogP contribution in [0.4, 0.5) is 0 Å². The van der Waals surface area contributed by atoms with Crippen molar-refractivity contribution in [3.63, 3.8) is 0 Å². The van der Waals surface area contributed by atoms with Crippen LogP contribution in [0.25, 0.3) is 11.0 Å². The Labute approximate surface area is 112 Å². The molecule has 0 unspecified atom stereocenters. The molecule has 0 spiro atoms. The van der Waals surface area contributed by atoms with Crippen LogP contribution in [0.3, 0.4) is 0 Å². The standard InChI is InChI=1S/C13H20N4S/c1-10(9-18-4)16(2)8-11-5-6-13-12(7-11)14-15-17(13)3/h5-7,10H,8-9H2,1-4H3/t10-/m0/s1. The first-order valence-electron chi connectivity index (χ1n) is 6.09. The van der Waals surface area contributed by atoms with Gasteiger partial charge in [0.1, 0.15) is 5.52 Å². The predicted molar refractivity (Wildman–Crippen MR) is 77.8 cm³/mol. The average Bonchev–Trinajstić information content (AvgIpc) is 2.71. The van der Waals surface area contributed by atoms with Crippen molar-refractivity contribution in [2.75, 3.05) is 19.1 Å². The van der Waals surface area contributed by atoms with Crippen LogP contribution in [0.15, 0.2) is 18.2 Å². The molecule has 98 valence electrons. The van der Waals surface area contributed by atoms with Gasteiger partial charge in [0.15, 0.2) is 0 Å². The summed E-state index contributed by atoms with van der Waals surface area (Å²) in [6, 6.07) is 6.97. The summed E-state index contributed by atoms with van der Waals surface area (Å²) in [5.74, 6) is 1.16. The molecule has 1 aromatic heterocycles. The molecule has 0 fully saturated rings. The highest BCUT2D eigenvalue weighted by Gasteiger charge is 2.10. The lowest BCUT2D eigenvalue weighted by Crippen LogP contribution is -2.30. The number of thioether (sulfide) groups is 1. The molecule has 1 atom stereocenters. The molecular weight excluding hydrogens is 244 g/mol. The molecule has 0 amide bonds. The minimum Gasteiger partial charge on any atom is -0.299 e. The number of aryl methyl sites for hydroxylation is 1. The van der Waals surface area contributed by atoms with Gasteiger partial charge in [-0.1, -0.05) is 11.3 Å². The first-order chi connectivity index (χ1) is 8.61. The Morgan fingerprint density at radius 2 is 2.22 bits per heavy atom. The summed E-state index contributed by atoms with van der Waals surface area (Å²) in [5.41, 5.74) is 3.35. The summed E-state index contributed by atoms with van der Waals surface area (Å²) in [5, 5.41) is 8.19. The van der Waals surface area contributed by atoms with Gasteiger partial charge in [0, 0.05) is 25.4 Å². The lowest BCUT2D eigenvalue weighted by Gasteiger charge is -2.24. The van der Waals surface area contributed by atoms with Crippen LogP contribution in [0.5, 0.6) is 0 Å². The third kappa shape index (κ3) is 2.84. The van der Waals surface area contributed by atoms with E-state index in [-0.39, 0.29) is 0 Å². The van der Waals surface area contributed by atoms with Gasteiger partial charge in [-0.3, -0.25) is 4.90 Å². The van der Waals surface area contributed by atoms with Crippen LogP contribution < -0.4 is 0 Å². The second-order valence-electron chi connectivity index (χ2n) is 4.76. The molecule has 18 heavy (non-hydrogen) atoms. The summed E-state index contributed by atoms with van der Waals surface area (Å²) in [6.07, 6.45) is 2.15. The van der Waals surface area contributed by atoms with E-state index in [2.05, 4.69) is 53.6 Å².